The van der Waals surface area contributed by atoms with Crippen molar-refractivity contribution in [1.29, 1.82) is 0 Å². The second-order valence-electron chi connectivity index (χ2n) is 3.90. The normalized spacial score (nSPS) is 11.2. The number of rotatable bonds is 5. The summed E-state index contributed by atoms with van der Waals surface area (Å²) in [6, 6.07) is 6.17. The van der Waals surface area contributed by atoms with Gasteiger partial charge in [0, 0.05) is 11.3 Å². The van der Waals surface area contributed by atoms with Gasteiger partial charge in [0.2, 0.25) is 5.91 Å². The summed E-state index contributed by atoms with van der Waals surface area (Å²) in [7, 11) is 0. The van der Waals surface area contributed by atoms with Crippen LogP contribution in [-0.4, -0.2) is 31.0 Å². The summed E-state index contributed by atoms with van der Waals surface area (Å²) in [5.41, 5.74) is 0.785. The van der Waals surface area contributed by atoms with E-state index in [1.807, 2.05) is 5.32 Å². The molecular formula is C12H13F3N2O2. The largest absolute Gasteiger partial charge is 0.401 e. The number of amides is 1. The smallest absolute Gasteiger partial charge is 0.325 e. The predicted octanol–water partition coefficient (Wildman–Crippen LogP) is 1.98. The van der Waals surface area contributed by atoms with Crippen molar-refractivity contribution in [2.75, 3.05) is 18.4 Å². The molecule has 0 spiro atoms. The van der Waals surface area contributed by atoms with Crippen LogP contribution in [0, 0.1) is 0 Å². The number of Topliss-reactive ketones (excluding diaryl/α,β-unsaturated/α-hetero) is 1. The maximum atomic E-state index is 11.8. The lowest BCUT2D eigenvalue weighted by molar-refractivity contribution is -0.126. The van der Waals surface area contributed by atoms with Gasteiger partial charge >= 0.3 is 6.18 Å². The van der Waals surface area contributed by atoms with Gasteiger partial charge in [0.15, 0.2) is 5.78 Å². The van der Waals surface area contributed by atoms with Gasteiger partial charge in [0.1, 0.15) is 0 Å². The van der Waals surface area contributed by atoms with Crippen molar-refractivity contribution in [3.05, 3.63) is 29.8 Å². The highest BCUT2D eigenvalue weighted by atomic mass is 19.4. The Morgan fingerprint density at radius 3 is 2.53 bits per heavy atom. The minimum atomic E-state index is -4.35. The fourth-order valence-electron chi connectivity index (χ4n) is 1.34. The SMILES string of the molecule is CC(=O)c1cccc(NC(=O)CNCC(F)(F)F)c1. The minimum absolute atomic E-state index is 0.161. The quantitative estimate of drug-likeness (QED) is 0.807. The number of hydrogen-bond acceptors (Lipinski definition) is 3. The maximum absolute atomic E-state index is 11.8. The van der Waals surface area contributed by atoms with Crippen LogP contribution in [-0.2, 0) is 4.79 Å². The molecule has 0 unspecified atom stereocenters. The van der Waals surface area contributed by atoms with E-state index in [9.17, 15) is 22.8 Å². The fraction of sp³-hybridized carbons (Fsp3) is 0.333. The molecule has 0 saturated heterocycles. The molecule has 7 heteroatoms. The van der Waals surface area contributed by atoms with Gasteiger partial charge < -0.3 is 10.6 Å². The van der Waals surface area contributed by atoms with Crippen molar-refractivity contribution in [1.82, 2.24) is 5.32 Å². The number of carbonyl (C=O) groups excluding carboxylic acids is 2. The first-order valence-corrected chi connectivity index (χ1v) is 5.46. The summed E-state index contributed by atoms with van der Waals surface area (Å²) < 4.78 is 35.5. The number of anilines is 1. The second kappa shape index (κ2) is 6.33. The third kappa shape index (κ3) is 6.01. The summed E-state index contributed by atoms with van der Waals surface area (Å²) in [4.78, 5) is 22.5. The van der Waals surface area contributed by atoms with Gasteiger partial charge in [-0.05, 0) is 19.1 Å². The highest BCUT2D eigenvalue weighted by molar-refractivity contribution is 5.97. The molecule has 0 bridgehead atoms. The Kier molecular flexibility index (Phi) is 5.05. The zero-order valence-corrected chi connectivity index (χ0v) is 10.2. The third-order valence-corrected chi connectivity index (χ3v) is 2.16. The molecule has 0 radical (unpaired) electrons. The molecule has 0 aliphatic heterocycles. The molecule has 104 valence electrons. The first kappa shape index (κ1) is 15.2. The first-order valence-electron chi connectivity index (χ1n) is 5.46. The Morgan fingerprint density at radius 2 is 1.95 bits per heavy atom. The summed E-state index contributed by atoms with van der Waals surface area (Å²) in [5, 5.41) is 4.38. The van der Waals surface area contributed by atoms with E-state index in [1.165, 1.54) is 13.0 Å². The van der Waals surface area contributed by atoms with Crippen molar-refractivity contribution in [3.8, 4) is 0 Å². The lowest BCUT2D eigenvalue weighted by Crippen LogP contribution is -2.35. The lowest BCUT2D eigenvalue weighted by atomic mass is 10.1. The first-order chi connectivity index (χ1) is 8.78. The van der Waals surface area contributed by atoms with Gasteiger partial charge in [-0.1, -0.05) is 12.1 Å². The van der Waals surface area contributed by atoms with Crippen LogP contribution in [0.15, 0.2) is 24.3 Å². The van der Waals surface area contributed by atoms with Crippen molar-refractivity contribution in [3.63, 3.8) is 0 Å². The van der Waals surface area contributed by atoms with Gasteiger partial charge in [0.05, 0.1) is 13.1 Å². The van der Waals surface area contributed by atoms with Gasteiger partial charge in [0.25, 0.3) is 0 Å². The van der Waals surface area contributed by atoms with Crippen molar-refractivity contribution in [2.45, 2.75) is 13.1 Å². The number of benzene rings is 1. The molecule has 0 saturated carbocycles. The van der Waals surface area contributed by atoms with Crippen molar-refractivity contribution in [2.24, 2.45) is 0 Å². The standard InChI is InChI=1S/C12H13F3N2O2/c1-8(18)9-3-2-4-10(5-9)17-11(19)6-16-7-12(13,14)15/h2-5,16H,6-7H2,1H3,(H,17,19). The van der Waals surface area contributed by atoms with Crippen LogP contribution in [0.5, 0.6) is 0 Å². The second-order valence-corrected chi connectivity index (χ2v) is 3.90. The average molecular weight is 274 g/mol. The van der Waals surface area contributed by atoms with E-state index in [2.05, 4.69) is 5.32 Å². The highest BCUT2D eigenvalue weighted by Crippen LogP contribution is 2.12. The average Bonchev–Trinajstić information content (AvgIpc) is 2.27. The Labute approximate surface area is 108 Å². The van der Waals surface area contributed by atoms with Crippen LogP contribution in [0.4, 0.5) is 18.9 Å². The molecule has 19 heavy (non-hydrogen) atoms. The van der Waals surface area contributed by atoms with Gasteiger partial charge in [-0.2, -0.15) is 13.2 Å². The predicted molar refractivity (Wildman–Crippen MR) is 64.0 cm³/mol. The van der Waals surface area contributed by atoms with Crippen LogP contribution in [0.2, 0.25) is 0 Å². The number of alkyl halides is 3. The Hall–Kier alpha value is -1.89. The molecule has 1 amide bonds. The highest BCUT2D eigenvalue weighted by Gasteiger charge is 2.26. The Morgan fingerprint density at radius 1 is 1.26 bits per heavy atom. The summed E-state index contributed by atoms with van der Waals surface area (Å²) in [5.74, 6) is -0.767. The van der Waals surface area contributed by atoms with Crippen LogP contribution in [0.25, 0.3) is 0 Å². The van der Waals surface area contributed by atoms with Crippen LogP contribution < -0.4 is 10.6 Å². The van der Waals surface area contributed by atoms with E-state index in [0.29, 0.717) is 11.3 Å². The maximum Gasteiger partial charge on any atom is 0.401 e. The van der Waals surface area contributed by atoms with E-state index in [-0.39, 0.29) is 5.78 Å². The number of nitrogens with one attached hydrogen (secondary N) is 2. The van der Waals surface area contributed by atoms with Gasteiger partial charge in [-0.15, -0.1) is 0 Å². The molecular weight excluding hydrogens is 261 g/mol. The zero-order valence-electron chi connectivity index (χ0n) is 10.2. The summed E-state index contributed by atoms with van der Waals surface area (Å²) in [6.45, 7) is -0.302. The minimum Gasteiger partial charge on any atom is -0.325 e. The molecule has 4 nitrogen and oxygen atoms in total. The third-order valence-electron chi connectivity index (χ3n) is 2.16. The number of carbonyl (C=O) groups is 2. The molecule has 0 fully saturated rings. The van der Waals surface area contributed by atoms with Crippen molar-refractivity contribution < 1.29 is 22.8 Å². The molecule has 0 aromatic heterocycles. The summed E-state index contributed by atoms with van der Waals surface area (Å²) in [6.07, 6.45) is -4.35. The number of ketones is 1. The van der Waals surface area contributed by atoms with Crippen LogP contribution in [0.3, 0.4) is 0 Å². The molecule has 1 aromatic rings. The number of halogens is 3. The van der Waals surface area contributed by atoms with Gasteiger partial charge in [-0.3, -0.25) is 9.59 Å². The Balaban J connectivity index is 2.48. The molecule has 1 aromatic carbocycles. The van der Waals surface area contributed by atoms with Crippen LogP contribution >= 0.6 is 0 Å². The monoisotopic (exact) mass is 274 g/mol. The molecule has 1 rings (SSSR count). The Bertz CT molecular complexity index is 472. The van der Waals surface area contributed by atoms with E-state index in [0.717, 1.165) is 0 Å². The van der Waals surface area contributed by atoms with E-state index in [1.54, 1.807) is 18.2 Å². The van der Waals surface area contributed by atoms with Crippen molar-refractivity contribution >= 4 is 17.4 Å². The molecule has 0 aliphatic rings. The topological polar surface area (TPSA) is 58.2 Å². The van der Waals surface area contributed by atoms with E-state index < -0.39 is 25.2 Å². The molecule has 0 aliphatic carbocycles. The van der Waals surface area contributed by atoms with Gasteiger partial charge in [-0.25, -0.2) is 0 Å². The molecule has 0 atom stereocenters. The lowest BCUT2D eigenvalue weighted by Gasteiger charge is -2.09. The zero-order chi connectivity index (χ0) is 14.5. The summed E-state index contributed by atoms with van der Waals surface area (Å²) >= 11 is 0. The van der Waals surface area contributed by atoms with E-state index in [4.69, 9.17) is 0 Å². The molecule has 0 heterocycles. The van der Waals surface area contributed by atoms with Crippen LogP contribution in [0.1, 0.15) is 17.3 Å². The number of hydrogen-bond donors (Lipinski definition) is 2. The van der Waals surface area contributed by atoms with E-state index >= 15 is 0 Å². The fourth-order valence-corrected chi connectivity index (χ4v) is 1.34. The molecule has 2 N–H and O–H groups in total.